The van der Waals surface area contributed by atoms with Crippen molar-refractivity contribution < 1.29 is 14.3 Å². The zero-order valence-corrected chi connectivity index (χ0v) is 20.5. The first-order valence-electron chi connectivity index (χ1n) is 12.5. The van der Waals surface area contributed by atoms with E-state index in [1.807, 2.05) is 47.4 Å². The Hall–Kier alpha value is -3.38. The van der Waals surface area contributed by atoms with Crippen molar-refractivity contribution in [3.05, 3.63) is 90.1 Å². The summed E-state index contributed by atoms with van der Waals surface area (Å²) in [5.74, 6) is 1.86. The van der Waals surface area contributed by atoms with Gasteiger partial charge in [-0.25, -0.2) is 9.78 Å². The van der Waals surface area contributed by atoms with Gasteiger partial charge in [0.05, 0.1) is 6.61 Å². The van der Waals surface area contributed by atoms with Crippen molar-refractivity contribution in [3.8, 4) is 11.6 Å². The zero-order valence-electron chi connectivity index (χ0n) is 20.5. The van der Waals surface area contributed by atoms with Crippen LogP contribution in [-0.2, 0) is 13.0 Å². The van der Waals surface area contributed by atoms with Crippen LogP contribution < -0.4 is 9.47 Å². The van der Waals surface area contributed by atoms with E-state index in [0.29, 0.717) is 24.2 Å². The zero-order chi connectivity index (χ0) is 24.3. The Kier molecular flexibility index (Phi) is 9.12. The van der Waals surface area contributed by atoms with E-state index in [4.69, 9.17) is 9.47 Å². The topological polar surface area (TPSA) is 54.9 Å². The Morgan fingerprint density at radius 1 is 0.971 bits per heavy atom. The van der Waals surface area contributed by atoms with Gasteiger partial charge in [0.2, 0.25) is 5.88 Å². The summed E-state index contributed by atoms with van der Waals surface area (Å²) in [5, 5.41) is 0. The molecule has 1 aliphatic rings. The molecule has 0 aliphatic carbocycles. The van der Waals surface area contributed by atoms with E-state index in [1.165, 1.54) is 5.56 Å². The lowest BCUT2D eigenvalue weighted by atomic mass is 9.93. The minimum absolute atomic E-state index is 0.254. The Bertz CT molecular complexity index is 1020. The summed E-state index contributed by atoms with van der Waals surface area (Å²) in [6.45, 7) is 4.11. The van der Waals surface area contributed by atoms with Crippen molar-refractivity contribution >= 4 is 6.09 Å². The molecule has 6 nitrogen and oxygen atoms in total. The third kappa shape index (κ3) is 8.11. The number of ether oxygens (including phenoxy) is 2. The molecule has 0 unspecified atom stereocenters. The normalized spacial score (nSPS) is 14.2. The molecule has 6 heteroatoms. The number of amides is 1. The molecule has 1 amide bonds. The monoisotopic (exact) mass is 473 g/mol. The van der Waals surface area contributed by atoms with Gasteiger partial charge in [-0.15, -0.1) is 0 Å². The number of benzene rings is 2. The third-order valence-electron chi connectivity index (χ3n) is 6.49. The maximum atomic E-state index is 12.6. The highest BCUT2D eigenvalue weighted by molar-refractivity contribution is 5.70. The van der Waals surface area contributed by atoms with Gasteiger partial charge < -0.3 is 19.3 Å². The summed E-state index contributed by atoms with van der Waals surface area (Å²) in [5.41, 5.74) is 2.47. The largest absolute Gasteiger partial charge is 0.477 e. The third-order valence-corrected chi connectivity index (χ3v) is 6.49. The van der Waals surface area contributed by atoms with Crippen molar-refractivity contribution in [3.63, 3.8) is 0 Å². The first-order valence-corrected chi connectivity index (χ1v) is 12.5. The van der Waals surface area contributed by atoms with Crippen molar-refractivity contribution in [2.75, 3.05) is 33.3 Å². The average molecular weight is 474 g/mol. The van der Waals surface area contributed by atoms with E-state index in [1.54, 1.807) is 6.20 Å². The number of hydrogen-bond donors (Lipinski definition) is 0. The number of hydrogen-bond acceptors (Lipinski definition) is 5. The highest BCUT2D eigenvalue weighted by Crippen LogP contribution is 2.22. The van der Waals surface area contributed by atoms with Crippen LogP contribution in [0.5, 0.6) is 11.6 Å². The summed E-state index contributed by atoms with van der Waals surface area (Å²) in [4.78, 5) is 21.0. The van der Waals surface area contributed by atoms with E-state index in [-0.39, 0.29) is 6.09 Å². The molecular weight excluding hydrogens is 438 g/mol. The Morgan fingerprint density at radius 3 is 2.43 bits per heavy atom. The van der Waals surface area contributed by atoms with Crippen LogP contribution in [0.1, 0.15) is 30.4 Å². The second-order valence-electron chi connectivity index (χ2n) is 9.22. The first kappa shape index (κ1) is 24.7. The molecular formula is C29H35N3O3. The molecule has 1 fully saturated rings. The van der Waals surface area contributed by atoms with Crippen LogP contribution in [0.2, 0.25) is 0 Å². The highest BCUT2D eigenvalue weighted by atomic mass is 16.6. The summed E-state index contributed by atoms with van der Waals surface area (Å²) in [6.07, 6.45) is 5.45. The standard InChI is InChI=1S/C29H35N3O3/c1-31(23-26-7-3-2-4-8-26)19-14-25-15-20-32(21-16-25)29(33)35-27-12-10-24(11-13-27)17-22-34-28-9-5-6-18-30-28/h2-13,18,25H,14-17,19-23H2,1H3. The van der Waals surface area contributed by atoms with Gasteiger partial charge in [0.1, 0.15) is 5.75 Å². The maximum absolute atomic E-state index is 12.6. The van der Waals surface area contributed by atoms with Crippen molar-refractivity contribution in [1.29, 1.82) is 0 Å². The molecule has 2 heterocycles. The summed E-state index contributed by atoms with van der Waals surface area (Å²) in [7, 11) is 2.18. The lowest BCUT2D eigenvalue weighted by Gasteiger charge is -2.32. The van der Waals surface area contributed by atoms with Gasteiger partial charge in [-0.05, 0) is 68.1 Å². The average Bonchev–Trinajstić information content (AvgIpc) is 2.90. The van der Waals surface area contributed by atoms with E-state index in [9.17, 15) is 4.79 Å². The summed E-state index contributed by atoms with van der Waals surface area (Å²) < 4.78 is 11.3. The molecule has 1 aliphatic heterocycles. The lowest BCUT2D eigenvalue weighted by molar-refractivity contribution is 0.126. The highest BCUT2D eigenvalue weighted by Gasteiger charge is 2.24. The number of piperidine rings is 1. The first-order chi connectivity index (χ1) is 17.2. The van der Waals surface area contributed by atoms with Gasteiger partial charge in [-0.2, -0.15) is 0 Å². The van der Waals surface area contributed by atoms with Crippen LogP contribution in [0.25, 0.3) is 0 Å². The quantitative estimate of drug-likeness (QED) is 0.393. The maximum Gasteiger partial charge on any atom is 0.415 e. The SMILES string of the molecule is CN(CCC1CCN(C(=O)Oc2ccc(CCOc3ccccn3)cc2)CC1)Cc1ccccc1. The minimum Gasteiger partial charge on any atom is -0.477 e. The van der Waals surface area contributed by atoms with Crippen LogP contribution in [0.3, 0.4) is 0 Å². The molecule has 0 N–H and O–H groups in total. The van der Waals surface area contributed by atoms with E-state index in [0.717, 1.165) is 57.4 Å². The van der Waals surface area contributed by atoms with Gasteiger partial charge in [0, 0.05) is 38.3 Å². The Labute approximate surface area is 208 Å². The number of rotatable bonds is 10. The number of carbonyl (C=O) groups is 1. The molecule has 4 rings (SSSR count). The van der Waals surface area contributed by atoms with Crippen LogP contribution >= 0.6 is 0 Å². The molecule has 0 atom stereocenters. The number of likely N-dealkylation sites (tertiary alicyclic amines) is 1. The number of aromatic nitrogens is 1. The van der Waals surface area contributed by atoms with Gasteiger partial charge in [-0.1, -0.05) is 48.5 Å². The van der Waals surface area contributed by atoms with Crippen LogP contribution in [0.4, 0.5) is 4.79 Å². The molecule has 0 bridgehead atoms. The van der Waals surface area contributed by atoms with E-state index < -0.39 is 0 Å². The lowest BCUT2D eigenvalue weighted by Crippen LogP contribution is -2.40. The smallest absolute Gasteiger partial charge is 0.415 e. The number of carbonyl (C=O) groups excluding carboxylic acids is 1. The second-order valence-corrected chi connectivity index (χ2v) is 9.22. The minimum atomic E-state index is -0.254. The van der Waals surface area contributed by atoms with Gasteiger partial charge in [0.15, 0.2) is 0 Å². The van der Waals surface area contributed by atoms with E-state index in [2.05, 4.69) is 47.3 Å². The van der Waals surface area contributed by atoms with Crippen molar-refractivity contribution in [1.82, 2.24) is 14.8 Å². The fraction of sp³-hybridized carbons (Fsp3) is 0.379. The summed E-state index contributed by atoms with van der Waals surface area (Å²) in [6, 6.07) is 23.8. The summed E-state index contributed by atoms with van der Waals surface area (Å²) >= 11 is 0. The van der Waals surface area contributed by atoms with E-state index >= 15 is 0 Å². The molecule has 3 aromatic rings. The molecule has 1 aromatic heterocycles. The molecule has 35 heavy (non-hydrogen) atoms. The number of pyridine rings is 1. The second kappa shape index (κ2) is 12.9. The molecule has 2 aromatic carbocycles. The van der Waals surface area contributed by atoms with Crippen LogP contribution in [-0.4, -0.2) is 54.2 Å². The molecule has 1 saturated heterocycles. The van der Waals surface area contributed by atoms with Crippen LogP contribution in [0.15, 0.2) is 79.0 Å². The Morgan fingerprint density at radius 2 is 1.71 bits per heavy atom. The predicted molar refractivity (Wildman–Crippen MR) is 138 cm³/mol. The fourth-order valence-corrected chi connectivity index (χ4v) is 4.38. The van der Waals surface area contributed by atoms with Crippen molar-refractivity contribution in [2.45, 2.75) is 32.2 Å². The predicted octanol–water partition coefficient (Wildman–Crippen LogP) is 5.44. The molecule has 0 radical (unpaired) electrons. The van der Waals surface area contributed by atoms with Gasteiger partial charge in [0.25, 0.3) is 0 Å². The van der Waals surface area contributed by atoms with Crippen molar-refractivity contribution in [2.24, 2.45) is 5.92 Å². The van der Waals surface area contributed by atoms with Gasteiger partial charge >= 0.3 is 6.09 Å². The molecule has 0 saturated carbocycles. The molecule has 184 valence electrons. The fourth-order valence-electron chi connectivity index (χ4n) is 4.38. The van der Waals surface area contributed by atoms with Gasteiger partial charge in [-0.3, -0.25) is 0 Å². The number of nitrogens with zero attached hydrogens (tertiary/aromatic N) is 3. The Balaban J connectivity index is 1.13. The van der Waals surface area contributed by atoms with Crippen LogP contribution in [0, 0.1) is 5.92 Å². The molecule has 0 spiro atoms.